The van der Waals surface area contributed by atoms with Gasteiger partial charge in [0.15, 0.2) is 0 Å². The first kappa shape index (κ1) is 9.98. The van der Waals surface area contributed by atoms with Gasteiger partial charge in [0.25, 0.3) is 0 Å². The van der Waals surface area contributed by atoms with Crippen LogP contribution in [-0.4, -0.2) is 23.7 Å². The van der Waals surface area contributed by atoms with Gasteiger partial charge in [0.1, 0.15) is 11.3 Å². The molecule has 0 amide bonds. The van der Waals surface area contributed by atoms with Crippen molar-refractivity contribution in [3.05, 3.63) is 29.8 Å². The number of carboxylic acid groups (broad SMARTS) is 1. The fourth-order valence-corrected chi connectivity index (χ4v) is 1.86. The summed E-state index contributed by atoms with van der Waals surface area (Å²) in [6.45, 7) is 0. The molecule has 2 atom stereocenters. The number of ether oxygens (including phenoxy) is 1. The van der Waals surface area contributed by atoms with E-state index in [1.807, 2.05) is 24.3 Å². The minimum Gasteiger partial charge on any atom is -0.496 e. The maximum absolute atomic E-state index is 10.9. The van der Waals surface area contributed by atoms with Crippen molar-refractivity contribution in [1.82, 2.24) is 0 Å². The highest BCUT2D eigenvalue weighted by Gasteiger charge is 2.59. The smallest absolute Gasteiger partial charge is 0.324 e. The van der Waals surface area contributed by atoms with Gasteiger partial charge in [-0.3, -0.25) is 4.79 Å². The van der Waals surface area contributed by atoms with Crippen LogP contribution in [0.3, 0.4) is 0 Å². The quantitative estimate of drug-likeness (QED) is 0.774. The Bertz CT molecular complexity index is 405. The predicted molar refractivity (Wildman–Crippen MR) is 54.9 cm³/mol. The molecule has 0 saturated heterocycles. The molecule has 2 rings (SSSR count). The van der Waals surface area contributed by atoms with Crippen LogP contribution in [0.1, 0.15) is 17.9 Å². The van der Waals surface area contributed by atoms with Crippen LogP contribution in [-0.2, 0) is 4.79 Å². The van der Waals surface area contributed by atoms with Crippen molar-refractivity contribution in [3.63, 3.8) is 0 Å². The topological polar surface area (TPSA) is 72.5 Å². The Balaban J connectivity index is 2.30. The van der Waals surface area contributed by atoms with Gasteiger partial charge in [-0.15, -0.1) is 0 Å². The molecule has 15 heavy (non-hydrogen) atoms. The van der Waals surface area contributed by atoms with E-state index in [-0.39, 0.29) is 5.92 Å². The number of hydrogen-bond acceptors (Lipinski definition) is 3. The van der Waals surface area contributed by atoms with Gasteiger partial charge >= 0.3 is 5.97 Å². The van der Waals surface area contributed by atoms with E-state index in [2.05, 4.69) is 0 Å². The maximum Gasteiger partial charge on any atom is 0.324 e. The molecule has 1 aromatic carbocycles. The highest BCUT2D eigenvalue weighted by molar-refractivity contribution is 5.85. The van der Waals surface area contributed by atoms with Crippen molar-refractivity contribution < 1.29 is 14.6 Å². The molecule has 0 spiro atoms. The SMILES string of the molecule is COc1ccccc1[C@@H]1C[C@]1(N)C(=O)O. The van der Waals surface area contributed by atoms with Gasteiger partial charge in [0.05, 0.1) is 7.11 Å². The standard InChI is InChI=1S/C11H13NO3/c1-15-9-5-3-2-4-7(9)8-6-11(8,12)10(13)14/h2-5,8H,6,12H2,1H3,(H,13,14)/t8-,11+/m0/s1. The van der Waals surface area contributed by atoms with Crippen LogP contribution in [0.25, 0.3) is 0 Å². The van der Waals surface area contributed by atoms with Crippen LogP contribution >= 0.6 is 0 Å². The number of para-hydroxylation sites is 1. The third-order valence-electron chi connectivity index (χ3n) is 2.92. The van der Waals surface area contributed by atoms with Gasteiger partial charge in [-0.1, -0.05) is 18.2 Å². The first-order valence-corrected chi connectivity index (χ1v) is 4.75. The highest BCUT2D eigenvalue weighted by atomic mass is 16.5. The molecule has 1 aromatic rings. The minimum absolute atomic E-state index is 0.133. The monoisotopic (exact) mass is 207 g/mol. The molecule has 4 nitrogen and oxygen atoms in total. The van der Waals surface area contributed by atoms with Crippen molar-refractivity contribution in [2.24, 2.45) is 5.73 Å². The number of nitrogens with two attached hydrogens (primary N) is 1. The molecule has 0 bridgehead atoms. The summed E-state index contributed by atoms with van der Waals surface area (Å²) in [5, 5.41) is 8.94. The van der Waals surface area contributed by atoms with E-state index in [1.165, 1.54) is 0 Å². The second-order valence-corrected chi connectivity index (χ2v) is 3.84. The Morgan fingerprint density at radius 3 is 2.80 bits per heavy atom. The molecular formula is C11H13NO3. The van der Waals surface area contributed by atoms with Crippen molar-refractivity contribution in [1.29, 1.82) is 0 Å². The van der Waals surface area contributed by atoms with Crippen molar-refractivity contribution >= 4 is 5.97 Å². The largest absolute Gasteiger partial charge is 0.496 e. The number of hydrogen-bond donors (Lipinski definition) is 2. The van der Waals surface area contributed by atoms with Gasteiger partial charge < -0.3 is 15.6 Å². The zero-order chi connectivity index (χ0) is 11.1. The number of carboxylic acids is 1. The van der Waals surface area contributed by atoms with E-state index in [0.717, 1.165) is 5.56 Å². The summed E-state index contributed by atoms with van der Waals surface area (Å²) < 4.78 is 5.17. The Kier molecular flexibility index (Phi) is 2.16. The molecule has 0 aromatic heterocycles. The molecule has 1 saturated carbocycles. The molecular weight excluding hydrogens is 194 g/mol. The third kappa shape index (κ3) is 1.47. The molecule has 0 heterocycles. The summed E-state index contributed by atoms with van der Waals surface area (Å²) in [5.41, 5.74) is 5.51. The summed E-state index contributed by atoms with van der Waals surface area (Å²) >= 11 is 0. The molecule has 80 valence electrons. The van der Waals surface area contributed by atoms with Crippen LogP contribution < -0.4 is 10.5 Å². The molecule has 0 radical (unpaired) electrons. The Labute approximate surface area is 87.7 Å². The Morgan fingerprint density at radius 2 is 2.27 bits per heavy atom. The summed E-state index contributed by atoms with van der Waals surface area (Å²) in [7, 11) is 1.57. The second-order valence-electron chi connectivity index (χ2n) is 3.84. The summed E-state index contributed by atoms with van der Waals surface area (Å²) in [4.78, 5) is 10.9. The lowest BCUT2D eigenvalue weighted by Crippen LogP contribution is -2.34. The normalized spacial score (nSPS) is 28.5. The zero-order valence-corrected chi connectivity index (χ0v) is 8.43. The van der Waals surface area contributed by atoms with Crippen LogP contribution in [0.15, 0.2) is 24.3 Å². The maximum atomic E-state index is 10.9. The summed E-state index contributed by atoms with van der Waals surface area (Å²) in [6, 6.07) is 7.39. The van der Waals surface area contributed by atoms with Gasteiger partial charge in [-0.2, -0.15) is 0 Å². The van der Waals surface area contributed by atoms with Gasteiger partial charge in [0, 0.05) is 5.92 Å². The number of aliphatic carboxylic acids is 1. The van der Waals surface area contributed by atoms with Crippen LogP contribution in [0.4, 0.5) is 0 Å². The lowest BCUT2D eigenvalue weighted by Gasteiger charge is -2.09. The van der Waals surface area contributed by atoms with Crippen LogP contribution in [0.5, 0.6) is 5.75 Å². The van der Waals surface area contributed by atoms with Crippen LogP contribution in [0, 0.1) is 0 Å². The number of benzene rings is 1. The van der Waals surface area contributed by atoms with Crippen LogP contribution in [0.2, 0.25) is 0 Å². The average molecular weight is 207 g/mol. The second kappa shape index (κ2) is 3.24. The van der Waals surface area contributed by atoms with E-state index in [0.29, 0.717) is 12.2 Å². The molecule has 0 aliphatic heterocycles. The molecule has 0 unspecified atom stereocenters. The van der Waals surface area contributed by atoms with Gasteiger partial charge in [-0.05, 0) is 18.1 Å². The lowest BCUT2D eigenvalue weighted by molar-refractivity contribution is -0.139. The zero-order valence-electron chi connectivity index (χ0n) is 8.43. The lowest BCUT2D eigenvalue weighted by atomic mass is 10.1. The first-order chi connectivity index (χ1) is 7.09. The Hall–Kier alpha value is -1.55. The van der Waals surface area contributed by atoms with E-state index >= 15 is 0 Å². The molecule has 1 fully saturated rings. The average Bonchev–Trinajstić information content (AvgIpc) is 2.92. The highest BCUT2D eigenvalue weighted by Crippen LogP contribution is 2.52. The number of rotatable bonds is 3. The minimum atomic E-state index is -1.10. The summed E-state index contributed by atoms with van der Waals surface area (Å²) in [5.74, 6) is -0.374. The number of methoxy groups -OCH3 is 1. The van der Waals surface area contributed by atoms with Gasteiger partial charge in [0.2, 0.25) is 0 Å². The fourth-order valence-electron chi connectivity index (χ4n) is 1.86. The fraction of sp³-hybridized carbons (Fsp3) is 0.364. The summed E-state index contributed by atoms with van der Waals surface area (Å²) in [6.07, 6.45) is 0.475. The van der Waals surface area contributed by atoms with Crippen molar-refractivity contribution in [2.45, 2.75) is 17.9 Å². The van der Waals surface area contributed by atoms with Crippen molar-refractivity contribution in [3.8, 4) is 5.75 Å². The third-order valence-corrected chi connectivity index (χ3v) is 2.92. The molecule has 1 aliphatic rings. The van der Waals surface area contributed by atoms with E-state index in [1.54, 1.807) is 7.11 Å². The van der Waals surface area contributed by atoms with Gasteiger partial charge in [-0.25, -0.2) is 0 Å². The van der Waals surface area contributed by atoms with E-state index in [9.17, 15) is 4.79 Å². The van der Waals surface area contributed by atoms with E-state index in [4.69, 9.17) is 15.6 Å². The Morgan fingerprint density at radius 1 is 1.60 bits per heavy atom. The molecule has 4 heteroatoms. The van der Waals surface area contributed by atoms with E-state index < -0.39 is 11.5 Å². The molecule has 3 N–H and O–H groups in total. The van der Waals surface area contributed by atoms with Crippen molar-refractivity contribution in [2.75, 3.05) is 7.11 Å². The number of carbonyl (C=O) groups is 1. The first-order valence-electron chi connectivity index (χ1n) is 4.75. The predicted octanol–water partition coefficient (Wildman–Crippen LogP) is 0.965. The molecule has 1 aliphatic carbocycles.